The van der Waals surface area contributed by atoms with E-state index in [0.29, 0.717) is 9.63 Å². The summed E-state index contributed by atoms with van der Waals surface area (Å²) in [5.74, 6) is -0.769. The molecule has 0 spiro atoms. The van der Waals surface area contributed by atoms with Crippen molar-refractivity contribution >= 4 is 39.3 Å². The van der Waals surface area contributed by atoms with Crippen LogP contribution in [0, 0.1) is 5.82 Å². The molecule has 1 heterocycles. The predicted octanol–water partition coefficient (Wildman–Crippen LogP) is 3.88. The minimum absolute atomic E-state index is 0.158. The van der Waals surface area contributed by atoms with Crippen LogP contribution in [0.5, 0.6) is 0 Å². The minimum Gasteiger partial charge on any atom is -0.323 e. The number of halogens is 2. The van der Waals surface area contributed by atoms with Crippen molar-refractivity contribution in [1.29, 1.82) is 0 Å². The Morgan fingerprint density at radius 1 is 1.41 bits per heavy atom. The van der Waals surface area contributed by atoms with Crippen LogP contribution in [0.3, 0.4) is 0 Å². The summed E-state index contributed by atoms with van der Waals surface area (Å²) >= 11 is 4.47. The van der Waals surface area contributed by atoms with Gasteiger partial charge in [-0.25, -0.2) is 4.39 Å². The average Bonchev–Trinajstić information content (AvgIpc) is 2.90. The predicted molar refractivity (Wildman–Crippen MR) is 88.5 cm³/mol. The van der Waals surface area contributed by atoms with Crippen LogP contribution in [0.4, 0.5) is 10.1 Å². The Bertz CT molecular complexity index is 677. The highest BCUT2D eigenvalue weighted by atomic mass is 79.9. The van der Waals surface area contributed by atoms with Crippen LogP contribution in [0.1, 0.15) is 26.8 Å². The topological polar surface area (TPSA) is 59.8 Å². The molecule has 0 bridgehead atoms. The summed E-state index contributed by atoms with van der Waals surface area (Å²) in [5.41, 5.74) is 0.158. The molecule has 0 aliphatic carbocycles. The summed E-state index contributed by atoms with van der Waals surface area (Å²) in [6.45, 7) is 5.76. The fourth-order valence-corrected chi connectivity index (χ4v) is 3.00. The van der Waals surface area contributed by atoms with E-state index in [1.807, 2.05) is 18.4 Å². The van der Waals surface area contributed by atoms with E-state index in [-0.39, 0.29) is 17.6 Å². The van der Waals surface area contributed by atoms with E-state index in [2.05, 4.69) is 31.4 Å². The average molecular weight is 387 g/mol. The van der Waals surface area contributed by atoms with Gasteiger partial charge in [0.1, 0.15) is 12.1 Å². The summed E-state index contributed by atoms with van der Waals surface area (Å²) in [5, 5.41) is 10.7. The number of carbonyl (C=O) groups is 1. The van der Waals surface area contributed by atoms with Gasteiger partial charge in [0.05, 0.1) is 10.9 Å². The van der Waals surface area contributed by atoms with Crippen LogP contribution >= 0.6 is 27.7 Å². The van der Waals surface area contributed by atoms with Gasteiger partial charge in [-0.05, 0) is 39.0 Å². The van der Waals surface area contributed by atoms with Crippen LogP contribution in [0.25, 0.3) is 0 Å². The first-order valence-corrected chi connectivity index (χ1v) is 8.38. The maximum absolute atomic E-state index is 13.7. The van der Waals surface area contributed by atoms with Gasteiger partial charge in [0.25, 0.3) is 0 Å². The Morgan fingerprint density at radius 2 is 2.14 bits per heavy atom. The van der Waals surface area contributed by atoms with E-state index in [4.69, 9.17) is 0 Å². The van der Waals surface area contributed by atoms with Crippen LogP contribution in [-0.4, -0.2) is 25.9 Å². The van der Waals surface area contributed by atoms with Crippen molar-refractivity contribution in [3.8, 4) is 0 Å². The lowest BCUT2D eigenvalue weighted by atomic mass is 10.3. The third-order valence-corrected chi connectivity index (χ3v) is 4.50. The molecular formula is C14H16BrFN4OS. The number of nitrogens with one attached hydrogen (secondary N) is 1. The summed E-state index contributed by atoms with van der Waals surface area (Å²) in [4.78, 5) is 12.2. The Labute approximate surface area is 140 Å². The Morgan fingerprint density at radius 3 is 2.77 bits per heavy atom. The summed E-state index contributed by atoms with van der Waals surface area (Å²) in [7, 11) is 0. The Kier molecular flexibility index (Phi) is 5.57. The smallest absolute Gasteiger partial charge is 0.237 e. The molecule has 0 aliphatic heterocycles. The van der Waals surface area contributed by atoms with Crippen molar-refractivity contribution < 1.29 is 9.18 Å². The summed E-state index contributed by atoms with van der Waals surface area (Å²) in [6.07, 6.45) is 1.63. The van der Waals surface area contributed by atoms with Crippen molar-refractivity contribution in [2.45, 2.75) is 37.2 Å². The zero-order valence-electron chi connectivity index (χ0n) is 12.4. The molecule has 0 aliphatic rings. The number of hydrogen-bond acceptors (Lipinski definition) is 4. The molecule has 0 saturated heterocycles. The van der Waals surface area contributed by atoms with E-state index in [9.17, 15) is 9.18 Å². The summed E-state index contributed by atoms with van der Waals surface area (Å²) in [6, 6.07) is 4.71. The molecule has 1 amide bonds. The monoisotopic (exact) mass is 386 g/mol. The molecular weight excluding hydrogens is 371 g/mol. The van der Waals surface area contributed by atoms with Gasteiger partial charge in [-0.3, -0.25) is 4.79 Å². The minimum atomic E-state index is -0.481. The third kappa shape index (κ3) is 4.07. The van der Waals surface area contributed by atoms with Crippen molar-refractivity contribution in [2.75, 3.05) is 5.32 Å². The van der Waals surface area contributed by atoms with Crippen LogP contribution < -0.4 is 5.32 Å². The van der Waals surface area contributed by atoms with E-state index in [1.165, 1.54) is 23.9 Å². The van der Waals surface area contributed by atoms with Gasteiger partial charge in [0.2, 0.25) is 5.91 Å². The highest BCUT2D eigenvalue weighted by Crippen LogP contribution is 2.25. The summed E-state index contributed by atoms with van der Waals surface area (Å²) < 4.78 is 16.2. The molecule has 1 aromatic carbocycles. The number of rotatable bonds is 5. The zero-order valence-corrected chi connectivity index (χ0v) is 14.8. The van der Waals surface area contributed by atoms with Gasteiger partial charge >= 0.3 is 0 Å². The molecule has 2 rings (SSSR count). The highest BCUT2D eigenvalue weighted by molar-refractivity contribution is 9.10. The van der Waals surface area contributed by atoms with Crippen molar-refractivity contribution in [1.82, 2.24) is 14.8 Å². The molecule has 0 fully saturated rings. The molecule has 1 N–H and O–H groups in total. The standard InChI is InChI=1S/C14H16BrFN4OS/c1-8(2)20-7-17-19-14(20)22-9(3)13(21)18-12-5-4-10(15)6-11(12)16/h4-9H,1-3H3,(H,18,21)/t9-/m0/s1. The van der Waals surface area contributed by atoms with E-state index < -0.39 is 11.1 Å². The molecule has 5 nitrogen and oxygen atoms in total. The molecule has 0 radical (unpaired) electrons. The molecule has 1 atom stereocenters. The molecule has 2 aromatic rings. The number of anilines is 1. The second-order valence-corrected chi connectivity index (χ2v) is 7.21. The first-order valence-electron chi connectivity index (χ1n) is 6.70. The Balaban J connectivity index is 2.04. The molecule has 8 heteroatoms. The lowest BCUT2D eigenvalue weighted by molar-refractivity contribution is -0.115. The number of thioether (sulfide) groups is 1. The molecule has 1 aromatic heterocycles. The second kappa shape index (κ2) is 7.23. The zero-order chi connectivity index (χ0) is 16.3. The van der Waals surface area contributed by atoms with Gasteiger partial charge in [-0.15, -0.1) is 10.2 Å². The first-order chi connectivity index (χ1) is 10.4. The fraction of sp³-hybridized carbons (Fsp3) is 0.357. The second-order valence-electron chi connectivity index (χ2n) is 4.99. The first kappa shape index (κ1) is 17.0. The Hall–Kier alpha value is -1.41. The van der Waals surface area contributed by atoms with Crippen LogP contribution in [-0.2, 0) is 4.79 Å². The number of aromatic nitrogens is 3. The number of carbonyl (C=O) groups excluding carboxylic acids is 1. The number of hydrogen-bond donors (Lipinski definition) is 1. The van der Waals surface area contributed by atoms with Crippen LogP contribution in [0.15, 0.2) is 34.2 Å². The molecule has 22 heavy (non-hydrogen) atoms. The number of nitrogens with zero attached hydrogens (tertiary/aromatic N) is 3. The lowest BCUT2D eigenvalue weighted by Gasteiger charge is -2.14. The molecule has 118 valence electrons. The van der Waals surface area contributed by atoms with E-state index in [1.54, 1.807) is 19.3 Å². The van der Waals surface area contributed by atoms with Gasteiger partial charge < -0.3 is 9.88 Å². The van der Waals surface area contributed by atoms with Crippen LogP contribution in [0.2, 0.25) is 0 Å². The maximum atomic E-state index is 13.7. The fourth-order valence-electron chi connectivity index (χ4n) is 1.71. The van der Waals surface area contributed by atoms with Gasteiger partial charge in [-0.1, -0.05) is 27.7 Å². The molecule has 0 saturated carbocycles. The normalized spacial score (nSPS) is 12.5. The van der Waals surface area contributed by atoms with Gasteiger partial charge in [0, 0.05) is 10.5 Å². The third-order valence-electron chi connectivity index (χ3n) is 2.94. The largest absolute Gasteiger partial charge is 0.323 e. The quantitative estimate of drug-likeness (QED) is 0.792. The molecule has 0 unspecified atom stereocenters. The number of benzene rings is 1. The lowest BCUT2D eigenvalue weighted by Crippen LogP contribution is -2.23. The number of amides is 1. The highest BCUT2D eigenvalue weighted by Gasteiger charge is 2.19. The van der Waals surface area contributed by atoms with E-state index in [0.717, 1.165) is 0 Å². The SMILES string of the molecule is CC(C)n1cnnc1S[C@@H](C)C(=O)Nc1ccc(Br)cc1F. The van der Waals surface area contributed by atoms with Gasteiger partial charge in [0.15, 0.2) is 5.16 Å². The van der Waals surface area contributed by atoms with Crippen molar-refractivity contribution in [2.24, 2.45) is 0 Å². The van der Waals surface area contributed by atoms with Crippen molar-refractivity contribution in [3.63, 3.8) is 0 Å². The van der Waals surface area contributed by atoms with E-state index >= 15 is 0 Å². The maximum Gasteiger partial charge on any atom is 0.237 e. The van der Waals surface area contributed by atoms with Crippen molar-refractivity contribution in [3.05, 3.63) is 34.8 Å². The van der Waals surface area contributed by atoms with Gasteiger partial charge in [-0.2, -0.15) is 0 Å².